The largest absolute Gasteiger partial charge is 0.416 e. The number of hydrogen-bond donors (Lipinski definition) is 0. The van der Waals surface area contributed by atoms with Crippen LogP contribution in [0.25, 0.3) is 5.57 Å². The van der Waals surface area contributed by atoms with E-state index in [1.54, 1.807) is 6.08 Å². The van der Waals surface area contributed by atoms with E-state index in [2.05, 4.69) is 6.58 Å². The molecule has 0 aliphatic rings. The molecular weight excluding hydrogens is 237 g/mol. The van der Waals surface area contributed by atoms with Crippen molar-refractivity contribution in [2.24, 2.45) is 0 Å². The Labute approximate surface area is 105 Å². The van der Waals surface area contributed by atoms with E-state index in [0.717, 1.165) is 28.8 Å². The molecule has 1 aromatic carbocycles. The Bertz CT molecular complexity index is 473. The Morgan fingerprint density at radius 3 is 2.11 bits per heavy atom. The Kier molecular flexibility index (Phi) is 4.54. The third-order valence-electron chi connectivity index (χ3n) is 2.59. The second-order valence-electron chi connectivity index (χ2n) is 3.88. The van der Waals surface area contributed by atoms with Gasteiger partial charge in [0.05, 0.1) is 5.56 Å². The first kappa shape index (κ1) is 14.3. The van der Waals surface area contributed by atoms with E-state index >= 15 is 0 Å². The number of halogens is 3. The van der Waals surface area contributed by atoms with E-state index in [9.17, 15) is 13.2 Å². The van der Waals surface area contributed by atoms with Gasteiger partial charge >= 0.3 is 6.18 Å². The third kappa shape index (κ3) is 3.36. The molecule has 1 rings (SSSR count). The SMILES string of the molecule is C=C/C(C)=C(\C=C/C)c1ccc(C(F)(F)F)cc1. The Morgan fingerprint density at radius 1 is 1.17 bits per heavy atom. The number of benzene rings is 1. The predicted molar refractivity (Wildman–Crippen MR) is 69.0 cm³/mol. The molecule has 0 saturated carbocycles. The second-order valence-corrected chi connectivity index (χ2v) is 3.88. The van der Waals surface area contributed by atoms with Crippen molar-refractivity contribution in [1.82, 2.24) is 0 Å². The van der Waals surface area contributed by atoms with Crippen molar-refractivity contribution in [2.75, 3.05) is 0 Å². The first-order valence-electron chi connectivity index (χ1n) is 5.53. The fourth-order valence-corrected chi connectivity index (χ4v) is 1.57. The van der Waals surface area contributed by atoms with E-state index in [-0.39, 0.29) is 0 Å². The normalized spacial score (nSPS) is 13.6. The van der Waals surface area contributed by atoms with Gasteiger partial charge in [0.1, 0.15) is 0 Å². The molecule has 0 aliphatic heterocycles. The van der Waals surface area contributed by atoms with Crippen LogP contribution < -0.4 is 0 Å². The molecule has 0 radical (unpaired) electrons. The van der Waals surface area contributed by atoms with Crippen molar-refractivity contribution in [1.29, 1.82) is 0 Å². The molecule has 18 heavy (non-hydrogen) atoms. The molecule has 1 aromatic rings. The van der Waals surface area contributed by atoms with Gasteiger partial charge in [0.25, 0.3) is 0 Å². The molecule has 0 amide bonds. The molecule has 0 aromatic heterocycles. The Hall–Kier alpha value is -1.77. The lowest BCUT2D eigenvalue weighted by atomic mass is 9.99. The number of alkyl halides is 3. The first-order valence-corrected chi connectivity index (χ1v) is 5.53. The van der Waals surface area contributed by atoms with E-state index < -0.39 is 11.7 Å². The summed E-state index contributed by atoms with van der Waals surface area (Å²) in [7, 11) is 0. The number of allylic oxidation sites excluding steroid dienone is 5. The maximum absolute atomic E-state index is 12.5. The molecule has 0 saturated heterocycles. The molecule has 0 N–H and O–H groups in total. The zero-order chi connectivity index (χ0) is 13.8. The Balaban J connectivity index is 3.22. The summed E-state index contributed by atoms with van der Waals surface area (Å²) in [6.45, 7) is 7.41. The molecule has 96 valence electrons. The summed E-state index contributed by atoms with van der Waals surface area (Å²) in [6.07, 6.45) is 1.10. The van der Waals surface area contributed by atoms with Crippen molar-refractivity contribution in [3.05, 3.63) is 65.8 Å². The van der Waals surface area contributed by atoms with Gasteiger partial charge in [0.15, 0.2) is 0 Å². The van der Waals surface area contributed by atoms with E-state index in [0.29, 0.717) is 0 Å². The van der Waals surface area contributed by atoms with Gasteiger partial charge in [-0.2, -0.15) is 13.2 Å². The van der Waals surface area contributed by atoms with Crippen molar-refractivity contribution in [3.63, 3.8) is 0 Å². The number of hydrogen-bond acceptors (Lipinski definition) is 0. The monoisotopic (exact) mass is 252 g/mol. The van der Waals surface area contributed by atoms with Gasteiger partial charge in [-0.25, -0.2) is 0 Å². The molecule has 0 aliphatic carbocycles. The van der Waals surface area contributed by atoms with Crippen molar-refractivity contribution < 1.29 is 13.2 Å². The quantitative estimate of drug-likeness (QED) is 0.645. The van der Waals surface area contributed by atoms with Crippen LogP contribution in [0.1, 0.15) is 25.0 Å². The number of rotatable bonds is 3. The van der Waals surface area contributed by atoms with Crippen molar-refractivity contribution in [2.45, 2.75) is 20.0 Å². The van der Waals surface area contributed by atoms with E-state index in [1.807, 2.05) is 26.0 Å². The average Bonchev–Trinajstić information content (AvgIpc) is 2.34. The highest BCUT2D eigenvalue weighted by atomic mass is 19.4. The molecular formula is C15H15F3. The topological polar surface area (TPSA) is 0 Å². The molecule has 0 nitrogen and oxygen atoms in total. The molecule has 0 bridgehead atoms. The second kappa shape index (κ2) is 5.71. The summed E-state index contributed by atoms with van der Waals surface area (Å²) in [5.74, 6) is 0. The summed E-state index contributed by atoms with van der Waals surface area (Å²) in [5.41, 5.74) is 1.91. The molecule has 0 fully saturated rings. The minimum Gasteiger partial charge on any atom is -0.166 e. The maximum Gasteiger partial charge on any atom is 0.416 e. The maximum atomic E-state index is 12.5. The van der Waals surface area contributed by atoms with Crippen LogP contribution in [-0.2, 0) is 6.18 Å². The van der Waals surface area contributed by atoms with Crippen LogP contribution in [0.3, 0.4) is 0 Å². The zero-order valence-corrected chi connectivity index (χ0v) is 10.4. The van der Waals surface area contributed by atoms with Crippen molar-refractivity contribution in [3.8, 4) is 0 Å². The average molecular weight is 252 g/mol. The van der Waals surface area contributed by atoms with Crippen LogP contribution in [0.5, 0.6) is 0 Å². The minimum atomic E-state index is -4.30. The summed E-state index contributed by atoms with van der Waals surface area (Å²) in [4.78, 5) is 0. The zero-order valence-electron chi connectivity index (χ0n) is 10.4. The predicted octanol–water partition coefficient (Wildman–Crippen LogP) is 5.24. The molecule has 3 heteroatoms. The van der Waals surface area contributed by atoms with E-state index in [4.69, 9.17) is 0 Å². The fraction of sp³-hybridized carbons (Fsp3) is 0.200. The molecule has 0 spiro atoms. The van der Waals surface area contributed by atoms with Gasteiger partial charge in [-0.15, -0.1) is 0 Å². The van der Waals surface area contributed by atoms with Crippen molar-refractivity contribution >= 4 is 5.57 Å². The molecule has 0 heterocycles. The van der Waals surface area contributed by atoms with Crippen LogP contribution in [0.4, 0.5) is 13.2 Å². The van der Waals surface area contributed by atoms with Gasteiger partial charge in [0, 0.05) is 0 Å². The smallest absolute Gasteiger partial charge is 0.166 e. The lowest BCUT2D eigenvalue weighted by Crippen LogP contribution is -2.04. The summed E-state index contributed by atoms with van der Waals surface area (Å²) >= 11 is 0. The molecule has 0 atom stereocenters. The van der Waals surface area contributed by atoms with Gasteiger partial charge in [-0.1, -0.05) is 36.9 Å². The first-order chi connectivity index (χ1) is 8.40. The lowest BCUT2D eigenvalue weighted by molar-refractivity contribution is -0.137. The lowest BCUT2D eigenvalue weighted by Gasteiger charge is -2.09. The van der Waals surface area contributed by atoms with Gasteiger partial charge < -0.3 is 0 Å². The molecule has 0 unspecified atom stereocenters. The minimum absolute atomic E-state index is 0.637. The summed E-state index contributed by atoms with van der Waals surface area (Å²) < 4.78 is 37.4. The highest BCUT2D eigenvalue weighted by molar-refractivity contribution is 5.78. The van der Waals surface area contributed by atoms with Crippen LogP contribution in [0, 0.1) is 0 Å². The standard InChI is InChI=1S/C15H15F3/c1-4-6-14(11(3)5-2)12-7-9-13(10-8-12)15(16,17)18/h4-10H,2H2,1,3H3/b6-4-,14-11+. The summed E-state index contributed by atoms with van der Waals surface area (Å²) in [5, 5.41) is 0. The Morgan fingerprint density at radius 2 is 1.72 bits per heavy atom. The third-order valence-corrected chi connectivity index (χ3v) is 2.59. The van der Waals surface area contributed by atoms with Gasteiger partial charge in [0.2, 0.25) is 0 Å². The fourth-order valence-electron chi connectivity index (χ4n) is 1.57. The van der Waals surface area contributed by atoms with E-state index in [1.165, 1.54) is 12.1 Å². The van der Waals surface area contributed by atoms with Crippen LogP contribution >= 0.6 is 0 Å². The van der Waals surface area contributed by atoms with Crippen LogP contribution in [0.15, 0.2) is 54.6 Å². The van der Waals surface area contributed by atoms with Crippen LogP contribution in [-0.4, -0.2) is 0 Å². The van der Waals surface area contributed by atoms with Gasteiger partial charge in [-0.05, 0) is 42.7 Å². The van der Waals surface area contributed by atoms with Crippen LogP contribution in [0.2, 0.25) is 0 Å². The van der Waals surface area contributed by atoms with Gasteiger partial charge in [-0.3, -0.25) is 0 Å². The summed E-state index contributed by atoms with van der Waals surface area (Å²) in [6, 6.07) is 5.14. The highest BCUT2D eigenvalue weighted by Gasteiger charge is 2.29. The highest BCUT2D eigenvalue weighted by Crippen LogP contribution is 2.30.